The third kappa shape index (κ3) is 3.86. The molecule has 0 aliphatic carbocycles. The highest BCUT2D eigenvalue weighted by atomic mass is 79.9. The average Bonchev–Trinajstić information content (AvgIpc) is 2.41. The number of halogens is 3. The van der Waals surface area contributed by atoms with Crippen molar-refractivity contribution >= 4 is 44.8 Å². The van der Waals surface area contributed by atoms with Gasteiger partial charge < -0.3 is 11.1 Å². The first-order chi connectivity index (χ1) is 9.10. The minimum atomic E-state index is -0.0765. The van der Waals surface area contributed by atoms with E-state index in [0.717, 1.165) is 15.7 Å². The molecule has 0 heterocycles. The van der Waals surface area contributed by atoms with Crippen LogP contribution in [-0.4, -0.2) is 6.54 Å². The van der Waals surface area contributed by atoms with Crippen LogP contribution >= 0.6 is 39.1 Å². The fraction of sp³-hybridized carbons (Fsp3) is 0.143. The van der Waals surface area contributed by atoms with Crippen molar-refractivity contribution in [2.45, 2.75) is 6.04 Å². The number of anilines is 1. The predicted octanol–water partition coefficient (Wildman–Crippen LogP) is 4.87. The molecule has 0 amide bonds. The van der Waals surface area contributed by atoms with Crippen LogP contribution in [0, 0.1) is 0 Å². The topological polar surface area (TPSA) is 38.0 Å². The van der Waals surface area contributed by atoms with E-state index in [4.69, 9.17) is 28.9 Å². The zero-order chi connectivity index (χ0) is 13.8. The summed E-state index contributed by atoms with van der Waals surface area (Å²) in [6.07, 6.45) is 0. The predicted molar refractivity (Wildman–Crippen MR) is 86.0 cm³/mol. The van der Waals surface area contributed by atoms with Crippen molar-refractivity contribution < 1.29 is 0 Å². The highest BCUT2D eigenvalue weighted by molar-refractivity contribution is 9.10. The molecule has 1 atom stereocenters. The van der Waals surface area contributed by atoms with Crippen LogP contribution in [-0.2, 0) is 0 Å². The van der Waals surface area contributed by atoms with Crippen molar-refractivity contribution in [1.82, 2.24) is 0 Å². The van der Waals surface area contributed by atoms with Gasteiger partial charge in [-0.2, -0.15) is 0 Å². The largest absolute Gasteiger partial charge is 0.377 e. The molecule has 0 fully saturated rings. The highest BCUT2D eigenvalue weighted by Gasteiger charge is 2.13. The molecule has 1 unspecified atom stereocenters. The molecule has 3 N–H and O–H groups in total. The summed E-state index contributed by atoms with van der Waals surface area (Å²) < 4.78 is 1.03. The van der Waals surface area contributed by atoms with Crippen molar-refractivity contribution in [3.8, 4) is 0 Å². The Bertz CT molecular complexity index is 558. The molecule has 2 rings (SSSR count). The van der Waals surface area contributed by atoms with Crippen molar-refractivity contribution in [2.75, 3.05) is 11.9 Å². The van der Waals surface area contributed by atoms with Crippen molar-refractivity contribution in [3.63, 3.8) is 0 Å². The van der Waals surface area contributed by atoms with E-state index in [0.29, 0.717) is 16.6 Å². The van der Waals surface area contributed by atoms with Crippen LogP contribution in [0.3, 0.4) is 0 Å². The lowest BCUT2D eigenvalue weighted by Gasteiger charge is -2.20. The van der Waals surface area contributed by atoms with Crippen LogP contribution in [0.15, 0.2) is 46.9 Å². The molecule has 5 heteroatoms. The Morgan fingerprint density at radius 2 is 1.79 bits per heavy atom. The molecule has 19 heavy (non-hydrogen) atoms. The van der Waals surface area contributed by atoms with Crippen molar-refractivity contribution in [1.29, 1.82) is 0 Å². The molecule has 2 aromatic carbocycles. The quantitative estimate of drug-likeness (QED) is 0.817. The number of nitrogens with one attached hydrogen (secondary N) is 1. The van der Waals surface area contributed by atoms with Gasteiger partial charge in [-0.05, 0) is 48.0 Å². The van der Waals surface area contributed by atoms with Gasteiger partial charge in [0.25, 0.3) is 0 Å². The SMILES string of the molecule is NCC(Nc1ccc(Br)cc1)c1cc(Cl)ccc1Cl. The second-order valence-corrected chi connectivity index (χ2v) is 5.86. The van der Waals surface area contributed by atoms with Crippen LogP contribution in [0.2, 0.25) is 10.0 Å². The fourth-order valence-corrected chi connectivity index (χ4v) is 2.49. The van der Waals surface area contributed by atoms with Gasteiger partial charge in [-0.3, -0.25) is 0 Å². The lowest BCUT2D eigenvalue weighted by atomic mass is 10.1. The summed E-state index contributed by atoms with van der Waals surface area (Å²) in [4.78, 5) is 0. The molecule has 0 aliphatic heterocycles. The Kier molecular flexibility index (Phi) is 5.11. The Balaban J connectivity index is 2.24. The highest BCUT2D eigenvalue weighted by Crippen LogP contribution is 2.28. The molecule has 0 aliphatic rings. The van der Waals surface area contributed by atoms with E-state index < -0.39 is 0 Å². The third-order valence-electron chi connectivity index (χ3n) is 2.75. The average molecular weight is 360 g/mol. The Morgan fingerprint density at radius 1 is 1.11 bits per heavy atom. The summed E-state index contributed by atoms with van der Waals surface area (Å²) in [6, 6.07) is 13.2. The normalized spacial score (nSPS) is 12.2. The Morgan fingerprint density at radius 3 is 2.42 bits per heavy atom. The van der Waals surface area contributed by atoms with Crippen LogP contribution in [0.25, 0.3) is 0 Å². The molecule has 2 nitrogen and oxygen atoms in total. The van der Waals surface area contributed by atoms with Crippen LogP contribution < -0.4 is 11.1 Å². The summed E-state index contributed by atoms with van der Waals surface area (Å²) in [7, 11) is 0. The summed E-state index contributed by atoms with van der Waals surface area (Å²) in [5.41, 5.74) is 7.71. The van der Waals surface area contributed by atoms with E-state index in [1.165, 1.54) is 0 Å². The first-order valence-corrected chi connectivity index (χ1v) is 7.32. The molecule has 0 radical (unpaired) electrons. The third-order valence-corrected chi connectivity index (χ3v) is 3.86. The molecular formula is C14H13BrCl2N2. The maximum atomic E-state index is 6.20. The molecule has 0 spiro atoms. The fourth-order valence-electron chi connectivity index (χ4n) is 1.79. The summed E-state index contributed by atoms with van der Waals surface area (Å²) >= 11 is 15.6. The minimum absolute atomic E-state index is 0.0765. The number of hydrogen-bond acceptors (Lipinski definition) is 2. The van der Waals surface area contributed by atoms with Gasteiger partial charge in [0.05, 0.1) is 6.04 Å². The van der Waals surface area contributed by atoms with Gasteiger partial charge in [-0.1, -0.05) is 39.1 Å². The van der Waals surface area contributed by atoms with Gasteiger partial charge in [-0.15, -0.1) is 0 Å². The van der Waals surface area contributed by atoms with Gasteiger partial charge >= 0.3 is 0 Å². The number of rotatable bonds is 4. The summed E-state index contributed by atoms with van der Waals surface area (Å²) in [6.45, 7) is 0.427. The number of hydrogen-bond donors (Lipinski definition) is 2. The van der Waals surface area contributed by atoms with Crippen molar-refractivity contribution in [3.05, 3.63) is 62.5 Å². The Hall–Kier alpha value is -0.740. The number of nitrogens with two attached hydrogens (primary N) is 1. The maximum absolute atomic E-state index is 6.20. The summed E-state index contributed by atoms with van der Waals surface area (Å²) in [5, 5.41) is 4.66. The van der Waals surface area contributed by atoms with E-state index in [2.05, 4.69) is 21.2 Å². The van der Waals surface area contributed by atoms with Gasteiger partial charge in [0.1, 0.15) is 0 Å². The van der Waals surface area contributed by atoms with Gasteiger partial charge in [-0.25, -0.2) is 0 Å². The zero-order valence-electron chi connectivity index (χ0n) is 10.0. The smallest absolute Gasteiger partial charge is 0.0651 e. The lowest BCUT2D eigenvalue weighted by molar-refractivity contribution is 0.790. The van der Waals surface area contributed by atoms with Gasteiger partial charge in [0, 0.05) is 26.8 Å². The lowest BCUT2D eigenvalue weighted by Crippen LogP contribution is -2.21. The molecule has 0 saturated heterocycles. The molecule has 0 saturated carbocycles. The maximum Gasteiger partial charge on any atom is 0.0651 e. The first-order valence-electron chi connectivity index (χ1n) is 5.77. The van der Waals surface area contributed by atoms with Gasteiger partial charge in [0.15, 0.2) is 0 Å². The van der Waals surface area contributed by atoms with Crippen molar-refractivity contribution in [2.24, 2.45) is 5.73 Å². The van der Waals surface area contributed by atoms with E-state index >= 15 is 0 Å². The first kappa shape index (κ1) is 14.7. The second kappa shape index (κ2) is 6.62. The van der Waals surface area contributed by atoms with Crippen LogP contribution in [0.5, 0.6) is 0 Å². The molecule has 0 bridgehead atoms. The Labute approximate surface area is 131 Å². The molecular weight excluding hydrogens is 347 g/mol. The van der Waals surface area contributed by atoms with Crippen LogP contribution in [0.1, 0.15) is 11.6 Å². The van der Waals surface area contributed by atoms with E-state index in [9.17, 15) is 0 Å². The van der Waals surface area contributed by atoms with E-state index in [1.54, 1.807) is 12.1 Å². The van der Waals surface area contributed by atoms with Gasteiger partial charge in [0.2, 0.25) is 0 Å². The van der Waals surface area contributed by atoms with E-state index in [-0.39, 0.29) is 6.04 Å². The number of benzene rings is 2. The standard InChI is InChI=1S/C14H13BrCl2N2/c15-9-1-4-11(5-2-9)19-14(8-18)12-7-10(16)3-6-13(12)17/h1-7,14,19H,8,18H2. The molecule has 100 valence electrons. The second-order valence-electron chi connectivity index (χ2n) is 4.11. The van der Waals surface area contributed by atoms with E-state index in [1.807, 2.05) is 30.3 Å². The van der Waals surface area contributed by atoms with Crippen LogP contribution in [0.4, 0.5) is 5.69 Å². The monoisotopic (exact) mass is 358 g/mol. The molecule has 2 aromatic rings. The molecule has 0 aromatic heterocycles. The minimum Gasteiger partial charge on any atom is -0.377 e. The zero-order valence-corrected chi connectivity index (χ0v) is 13.1. The summed E-state index contributed by atoms with van der Waals surface area (Å²) in [5.74, 6) is 0.